The molecule has 1 heterocycles. The van der Waals surface area contributed by atoms with Crippen molar-refractivity contribution in [1.82, 2.24) is 10.0 Å². The third kappa shape index (κ3) is 6.86. The van der Waals surface area contributed by atoms with Gasteiger partial charge in [-0.25, -0.2) is 13.1 Å². The molecule has 0 bridgehead atoms. The van der Waals surface area contributed by atoms with Gasteiger partial charge in [0.2, 0.25) is 10.0 Å². The number of aryl methyl sites for hydroxylation is 1. The minimum absolute atomic E-state index is 0.0822. The number of alkyl halides is 6. The molecular formula is C27H25ClF6N2O5S. The summed E-state index contributed by atoms with van der Waals surface area (Å²) < 4.78 is 114. The van der Waals surface area contributed by atoms with Gasteiger partial charge in [0.1, 0.15) is 11.3 Å². The first-order chi connectivity index (χ1) is 19.4. The molecule has 228 valence electrons. The summed E-state index contributed by atoms with van der Waals surface area (Å²) in [5.74, 6) is -2.93. The summed E-state index contributed by atoms with van der Waals surface area (Å²) >= 11 is 6.25. The number of carbonyl (C=O) groups is 2. The van der Waals surface area contributed by atoms with E-state index in [1.165, 1.54) is 12.1 Å². The van der Waals surface area contributed by atoms with Gasteiger partial charge in [-0.05, 0) is 49.5 Å². The van der Waals surface area contributed by atoms with Gasteiger partial charge >= 0.3 is 12.4 Å². The van der Waals surface area contributed by atoms with E-state index in [0.717, 1.165) is 23.8 Å². The number of benzene rings is 2. The lowest BCUT2D eigenvalue weighted by Gasteiger charge is -2.41. The van der Waals surface area contributed by atoms with Gasteiger partial charge in [-0.1, -0.05) is 47.5 Å². The van der Waals surface area contributed by atoms with E-state index in [1.807, 2.05) is 10.0 Å². The number of halogens is 7. The normalized spacial score (nSPS) is 19.9. The van der Waals surface area contributed by atoms with E-state index in [0.29, 0.717) is 12.8 Å². The third-order valence-electron chi connectivity index (χ3n) is 6.88. The molecule has 0 radical (unpaired) electrons. The second kappa shape index (κ2) is 11.4. The van der Waals surface area contributed by atoms with Gasteiger partial charge in [0, 0.05) is 18.4 Å². The maximum Gasteiger partial charge on any atom is 0.416 e. The quantitative estimate of drug-likeness (QED) is 0.208. The van der Waals surface area contributed by atoms with Crippen LogP contribution < -0.4 is 14.8 Å². The first-order valence-electron chi connectivity index (χ1n) is 12.7. The summed E-state index contributed by atoms with van der Waals surface area (Å²) in [7, 11) is -4.14. The van der Waals surface area contributed by atoms with Crippen LogP contribution >= 0.6 is 11.6 Å². The van der Waals surface area contributed by atoms with Crippen LogP contribution in [0.4, 0.5) is 26.3 Å². The standard InChI is InChI=1S/C27H25ClF6N2O5S/c1-15-3-5-16(6-4-15)19-14-25(27(32,33)34,35-23(37)22(19)24(38)36-42(39,40)18-8-9-18)20-10-7-17(13-21(20)28)41-12-2-11-26(29,30)31/h3-7,10,13,18H,2,8-9,11-12,14H2,1H3,(H,35,37)(H,36,38)/t25-/m0/s1. The van der Waals surface area contributed by atoms with Crippen molar-refractivity contribution >= 4 is 39.0 Å². The molecule has 0 spiro atoms. The topological polar surface area (TPSA) is 102 Å². The lowest BCUT2D eigenvalue weighted by molar-refractivity contribution is -0.201. The van der Waals surface area contributed by atoms with E-state index in [4.69, 9.17) is 16.3 Å². The summed E-state index contributed by atoms with van der Waals surface area (Å²) in [5.41, 5.74) is -4.10. The number of sulfonamides is 1. The second-order valence-corrected chi connectivity index (χ2v) is 12.5. The molecule has 1 atom stereocenters. The molecule has 7 nitrogen and oxygen atoms in total. The van der Waals surface area contributed by atoms with Crippen LogP contribution in [0.25, 0.3) is 5.57 Å². The van der Waals surface area contributed by atoms with Gasteiger partial charge < -0.3 is 10.1 Å². The predicted octanol–water partition coefficient (Wildman–Crippen LogP) is 5.71. The van der Waals surface area contributed by atoms with Crippen molar-refractivity contribution in [3.63, 3.8) is 0 Å². The minimum atomic E-state index is -5.18. The number of hydrogen-bond donors (Lipinski definition) is 2. The molecule has 1 saturated carbocycles. The highest BCUT2D eigenvalue weighted by molar-refractivity contribution is 7.91. The number of carbonyl (C=O) groups excluding carboxylic acids is 2. The SMILES string of the molecule is Cc1ccc(C2=C(C(=O)NS(=O)(=O)C3CC3)C(=O)N[C@@](c3ccc(OCCCC(F)(F)F)cc3Cl)(C(F)(F)F)C2)cc1. The molecule has 1 fully saturated rings. The Morgan fingerprint density at radius 3 is 2.29 bits per heavy atom. The largest absolute Gasteiger partial charge is 0.494 e. The predicted molar refractivity (Wildman–Crippen MR) is 141 cm³/mol. The van der Waals surface area contributed by atoms with Crippen LogP contribution in [0.15, 0.2) is 48.0 Å². The molecule has 2 aliphatic rings. The number of ether oxygens (including phenoxy) is 1. The van der Waals surface area contributed by atoms with E-state index in [-0.39, 0.29) is 23.5 Å². The highest BCUT2D eigenvalue weighted by atomic mass is 35.5. The zero-order valence-corrected chi connectivity index (χ0v) is 23.5. The molecule has 15 heteroatoms. The Morgan fingerprint density at radius 2 is 1.74 bits per heavy atom. The summed E-state index contributed by atoms with van der Waals surface area (Å²) in [5, 5.41) is 0.520. The van der Waals surface area contributed by atoms with E-state index in [9.17, 15) is 44.3 Å². The summed E-state index contributed by atoms with van der Waals surface area (Å²) in [6.07, 6.45) is -11.5. The molecule has 0 aromatic heterocycles. The average molecular weight is 639 g/mol. The van der Waals surface area contributed by atoms with Gasteiger partial charge in [-0.2, -0.15) is 26.3 Å². The maximum atomic E-state index is 14.9. The van der Waals surface area contributed by atoms with E-state index in [2.05, 4.69) is 0 Å². The van der Waals surface area contributed by atoms with E-state index < -0.39 is 80.4 Å². The van der Waals surface area contributed by atoms with Crippen LogP contribution in [-0.2, 0) is 25.2 Å². The molecule has 1 aliphatic heterocycles. The summed E-state index contributed by atoms with van der Waals surface area (Å²) in [6, 6.07) is 8.93. The molecular weight excluding hydrogens is 614 g/mol. The fourth-order valence-corrected chi connectivity index (χ4v) is 6.17. The van der Waals surface area contributed by atoms with Crippen LogP contribution in [0, 0.1) is 6.92 Å². The van der Waals surface area contributed by atoms with E-state index in [1.54, 1.807) is 19.1 Å². The Hall–Kier alpha value is -3.26. The van der Waals surface area contributed by atoms with Crippen molar-refractivity contribution in [2.75, 3.05) is 6.61 Å². The van der Waals surface area contributed by atoms with Crippen molar-refractivity contribution in [2.24, 2.45) is 0 Å². The molecule has 2 aromatic carbocycles. The van der Waals surface area contributed by atoms with Crippen molar-refractivity contribution in [3.8, 4) is 5.75 Å². The second-order valence-electron chi connectivity index (χ2n) is 10.1. The molecule has 2 amide bonds. The average Bonchev–Trinajstić information content (AvgIpc) is 3.71. The van der Waals surface area contributed by atoms with Gasteiger partial charge in [0.15, 0.2) is 5.54 Å². The Morgan fingerprint density at radius 1 is 1.10 bits per heavy atom. The first kappa shape index (κ1) is 31.7. The molecule has 1 aliphatic carbocycles. The Kier molecular flexibility index (Phi) is 8.62. The Labute approximate surface area is 242 Å². The number of hydrogen-bond acceptors (Lipinski definition) is 5. The molecule has 0 saturated heterocycles. The van der Waals surface area contributed by atoms with Crippen molar-refractivity contribution in [1.29, 1.82) is 0 Å². The monoisotopic (exact) mass is 638 g/mol. The fourth-order valence-electron chi connectivity index (χ4n) is 4.56. The van der Waals surface area contributed by atoms with Gasteiger partial charge in [0.25, 0.3) is 11.8 Å². The minimum Gasteiger partial charge on any atom is -0.494 e. The number of amides is 2. The lowest BCUT2D eigenvalue weighted by atomic mass is 9.76. The van der Waals surface area contributed by atoms with Crippen LogP contribution in [0.1, 0.15) is 48.8 Å². The van der Waals surface area contributed by atoms with Crippen LogP contribution in [0.2, 0.25) is 5.02 Å². The van der Waals surface area contributed by atoms with Gasteiger partial charge in [0.05, 0.1) is 16.9 Å². The zero-order valence-electron chi connectivity index (χ0n) is 22.0. The number of nitrogens with one attached hydrogen (secondary N) is 2. The first-order valence-corrected chi connectivity index (χ1v) is 14.6. The van der Waals surface area contributed by atoms with Crippen LogP contribution in [0.3, 0.4) is 0 Å². The molecule has 2 N–H and O–H groups in total. The highest BCUT2D eigenvalue weighted by Crippen LogP contribution is 2.50. The Bertz CT molecular complexity index is 1520. The van der Waals surface area contributed by atoms with Gasteiger partial charge in [-0.3, -0.25) is 9.59 Å². The third-order valence-corrected chi connectivity index (χ3v) is 9.01. The van der Waals surface area contributed by atoms with Gasteiger partial charge in [-0.15, -0.1) is 0 Å². The van der Waals surface area contributed by atoms with Crippen molar-refractivity contribution < 1.29 is 49.1 Å². The van der Waals surface area contributed by atoms with Crippen molar-refractivity contribution in [2.45, 2.75) is 62.2 Å². The molecule has 2 aromatic rings. The highest BCUT2D eigenvalue weighted by Gasteiger charge is 2.61. The van der Waals surface area contributed by atoms with Crippen LogP contribution in [0.5, 0.6) is 5.75 Å². The molecule has 42 heavy (non-hydrogen) atoms. The van der Waals surface area contributed by atoms with E-state index >= 15 is 0 Å². The molecule has 0 unspecified atom stereocenters. The van der Waals surface area contributed by atoms with Crippen molar-refractivity contribution in [3.05, 3.63) is 69.8 Å². The zero-order chi connectivity index (χ0) is 31.1. The fraction of sp³-hybridized carbons (Fsp3) is 0.407. The lowest BCUT2D eigenvalue weighted by Crippen LogP contribution is -2.60. The summed E-state index contributed by atoms with van der Waals surface area (Å²) in [6.45, 7) is 1.34. The number of rotatable bonds is 9. The Balaban J connectivity index is 1.75. The summed E-state index contributed by atoms with van der Waals surface area (Å²) in [4.78, 5) is 26.4. The van der Waals surface area contributed by atoms with Crippen LogP contribution in [-0.4, -0.2) is 44.4 Å². The molecule has 4 rings (SSSR count). The maximum absolute atomic E-state index is 14.9. The smallest absolute Gasteiger partial charge is 0.416 e.